The summed E-state index contributed by atoms with van der Waals surface area (Å²) in [5, 5.41) is 1.15. The highest BCUT2D eigenvalue weighted by Crippen LogP contribution is 2.36. The zero-order chi connectivity index (χ0) is 14.7. The van der Waals surface area contributed by atoms with Gasteiger partial charge in [-0.25, -0.2) is 5.06 Å². The van der Waals surface area contributed by atoms with E-state index in [0.717, 1.165) is 21.8 Å². The Hall–Kier alpha value is -1.94. The smallest absolute Gasteiger partial charge is 0.216 e. The summed E-state index contributed by atoms with van der Waals surface area (Å²) in [6.45, 7) is 4.82. The van der Waals surface area contributed by atoms with E-state index in [0.29, 0.717) is 17.8 Å². The van der Waals surface area contributed by atoms with Crippen LogP contribution in [0.25, 0.3) is 5.70 Å². The van der Waals surface area contributed by atoms with Gasteiger partial charge in [0.2, 0.25) is 0 Å². The van der Waals surface area contributed by atoms with Crippen LogP contribution in [0.15, 0.2) is 59.8 Å². The van der Waals surface area contributed by atoms with Gasteiger partial charge < -0.3 is 0 Å². The van der Waals surface area contributed by atoms with Crippen molar-refractivity contribution in [3.8, 4) is 0 Å². The summed E-state index contributed by atoms with van der Waals surface area (Å²) in [5.41, 5.74) is 3.65. The molecule has 20 heavy (non-hydrogen) atoms. The summed E-state index contributed by atoms with van der Waals surface area (Å²) in [5.74, 6) is 0. The molecule has 106 valence electrons. The Morgan fingerprint density at radius 1 is 1.25 bits per heavy atom. The van der Waals surface area contributed by atoms with Crippen LogP contribution >= 0.6 is 0 Å². The predicted molar refractivity (Wildman–Crippen MR) is 75.5 cm³/mol. The van der Waals surface area contributed by atoms with Gasteiger partial charge in [0.25, 0.3) is 0 Å². The quantitative estimate of drug-likeness (QED) is 0.788. The monoisotopic (exact) mass is 277 g/mol. The number of nitrogens with zero attached hydrogens (tertiary/aromatic N) is 1. The van der Waals surface area contributed by atoms with E-state index in [1.165, 1.54) is 0 Å². The topological polar surface area (TPSA) is 12.5 Å². The first-order valence-electron chi connectivity index (χ1n) is 6.45. The summed E-state index contributed by atoms with van der Waals surface area (Å²) >= 11 is 0. The lowest BCUT2D eigenvalue weighted by Crippen LogP contribution is -2.28. The van der Waals surface area contributed by atoms with Crippen molar-refractivity contribution in [2.75, 3.05) is 0 Å². The molecule has 1 aliphatic heterocycles. The van der Waals surface area contributed by atoms with E-state index in [9.17, 15) is 8.78 Å². The van der Waals surface area contributed by atoms with Crippen LogP contribution in [0.2, 0.25) is 0 Å². The average Bonchev–Trinajstić information content (AvgIpc) is 2.43. The molecule has 0 fully saturated rings. The lowest BCUT2D eigenvalue weighted by Gasteiger charge is -2.33. The standard InChI is InChI=1S/C16H17F2NO/c1-4-13-10-11(2)15(14-8-6-5-7-9-14)19(12(13)3)20-16(17)18/h5-10,16H,3-4H2,1-2H3. The van der Waals surface area contributed by atoms with E-state index in [4.69, 9.17) is 0 Å². The predicted octanol–water partition coefficient (Wildman–Crippen LogP) is 4.74. The number of rotatable bonds is 4. The van der Waals surface area contributed by atoms with Crippen molar-refractivity contribution < 1.29 is 13.6 Å². The van der Waals surface area contributed by atoms with Crippen LogP contribution in [-0.4, -0.2) is 11.7 Å². The van der Waals surface area contributed by atoms with E-state index in [-0.39, 0.29) is 0 Å². The molecule has 0 spiro atoms. The maximum atomic E-state index is 12.7. The molecule has 2 nitrogen and oxygen atoms in total. The number of hydroxylamine groups is 2. The minimum atomic E-state index is -2.89. The number of alkyl halides is 2. The third-order valence-electron chi connectivity index (χ3n) is 3.20. The van der Waals surface area contributed by atoms with Crippen LogP contribution in [0.5, 0.6) is 0 Å². The number of hydrogen-bond acceptors (Lipinski definition) is 2. The molecule has 0 aromatic heterocycles. The Kier molecular flexibility index (Phi) is 4.35. The molecule has 0 saturated carbocycles. The van der Waals surface area contributed by atoms with Crippen LogP contribution in [-0.2, 0) is 4.84 Å². The minimum Gasteiger partial charge on any atom is -0.216 e. The highest BCUT2D eigenvalue weighted by molar-refractivity contribution is 5.73. The summed E-state index contributed by atoms with van der Waals surface area (Å²) in [7, 11) is 0. The van der Waals surface area contributed by atoms with Crippen LogP contribution in [0.3, 0.4) is 0 Å². The van der Waals surface area contributed by atoms with Crippen molar-refractivity contribution in [1.82, 2.24) is 5.06 Å². The van der Waals surface area contributed by atoms with Gasteiger partial charge in [0.05, 0.1) is 11.4 Å². The second kappa shape index (κ2) is 6.01. The fraction of sp³-hybridized carbons (Fsp3) is 0.250. The van der Waals surface area contributed by atoms with Crippen LogP contribution < -0.4 is 0 Å². The van der Waals surface area contributed by atoms with Gasteiger partial charge in [-0.3, -0.25) is 0 Å². The Labute approximate surface area is 117 Å². The first-order valence-corrected chi connectivity index (χ1v) is 6.45. The van der Waals surface area contributed by atoms with Crippen LogP contribution in [0, 0.1) is 0 Å². The normalized spacial score (nSPS) is 15.9. The summed E-state index contributed by atoms with van der Waals surface area (Å²) in [6.07, 6.45) is 2.68. The second-order valence-electron chi connectivity index (χ2n) is 4.53. The molecule has 1 aromatic carbocycles. The molecule has 1 heterocycles. The lowest BCUT2D eigenvalue weighted by atomic mass is 9.97. The zero-order valence-electron chi connectivity index (χ0n) is 11.6. The number of benzene rings is 1. The first kappa shape index (κ1) is 14.5. The highest BCUT2D eigenvalue weighted by Gasteiger charge is 2.26. The van der Waals surface area contributed by atoms with Crippen molar-refractivity contribution in [1.29, 1.82) is 0 Å². The molecule has 0 N–H and O–H groups in total. The van der Waals surface area contributed by atoms with Gasteiger partial charge >= 0.3 is 6.61 Å². The van der Waals surface area contributed by atoms with Crippen LogP contribution in [0.1, 0.15) is 25.8 Å². The molecular formula is C16H17F2NO. The molecule has 4 heteroatoms. The van der Waals surface area contributed by atoms with Crippen molar-refractivity contribution in [2.24, 2.45) is 0 Å². The maximum absolute atomic E-state index is 12.7. The maximum Gasteiger partial charge on any atom is 0.365 e. The summed E-state index contributed by atoms with van der Waals surface area (Å²) < 4.78 is 25.4. The van der Waals surface area contributed by atoms with Gasteiger partial charge in [0, 0.05) is 5.56 Å². The van der Waals surface area contributed by atoms with Gasteiger partial charge in [0.1, 0.15) is 0 Å². The second-order valence-corrected chi connectivity index (χ2v) is 4.53. The number of allylic oxidation sites excluding steroid dienone is 3. The lowest BCUT2D eigenvalue weighted by molar-refractivity contribution is -0.239. The SMILES string of the molecule is C=C1C(CC)=CC(C)=C(c2ccccc2)N1OC(F)F. The highest BCUT2D eigenvalue weighted by atomic mass is 19.3. The van der Waals surface area contributed by atoms with E-state index in [2.05, 4.69) is 11.4 Å². The van der Waals surface area contributed by atoms with Crippen molar-refractivity contribution in [2.45, 2.75) is 26.9 Å². The molecule has 0 atom stereocenters. The zero-order valence-corrected chi connectivity index (χ0v) is 11.6. The molecular weight excluding hydrogens is 260 g/mol. The molecule has 1 aromatic rings. The molecule has 0 bridgehead atoms. The minimum absolute atomic E-state index is 0.456. The van der Waals surface area contributed by atoms with Gasteiger partial charge in [-0.15, -0.1) is 0 Å². The Bertz CT molecular complexity index is 561. The van der Waals surface area contributed by atoms with Crippen molar-refractivity contribution in [3.63, 3.8) is 0 Å². The Morgan fingerprint density at radius 3 is 2.45 bits per heavy atom. The molecule has 0 amide bonds. The van der Waals surface area contributed by atoms with Crippen molar-refractivity contribution >= 4 is 5.70 Å². The van der Waals surface area contributed by atoms with Gasteiger partial charge in [-0.05, 0) is 24.5 Å². The van der Waals surface area contributed by atoms with Crippen LogP contribution in [0.4, 0.5) is 8.78 Å². The van der Waals surface area contributed by atoms with E-state index < -0.39 is 6.61 Å². The Balaban J connectivity index is 2.52. The van der Waals surface area contributed by atoms with E-state index in [1.807, 2.05) is 50.3 Å². The summed E-state index contributed by atoms with van der Waals surface area (Å²) in [6, 6.07) is 9.32. The molecule has 2 rings (SSSR count). The number of halogens is 2. The van der Waals surface area contributed by atoms with Gasteiger partial charge in [-0.1, -0.05) is 49.9 Å². The van der Waals surface area contributed by atoms with Gasteiger partial charge in [0.15, 0.2) is 0 Å². The molecule has 0 saturated heterocycles. The Morgan fingerprint density at radius 2 is 1.90 bits per heavy atom. The fourth-order valence-electron chi connectivity index (χ4n) is 2.28. The molecule has 1 aliphatic rings. The third kappa shape index (κ3) is 2.80. The molecule has 0 radical (unpaired) electrons. The number of hydrogen-bond donors (Lipinski definition) is 0. The first-order chi connectivity index (χ1) is 9.54. The van der Waals surface area contributed by atoms with E-state index >= 15 is 0 Å². The van der Waals surface area contributed by atoms with Gasteiger partial charge in [-0.2, -0.15) is 13.6 Å². The molecule has 0 aliphatic carbocycles. The molecule has 0 unspecified atom stereocenters. The largest absolute Gasteiger partial charge is 0.365 e. The fourth-order valence-corrected chi connectivity index (χ4v) is 2.28. The average molecular weight is 277 g/mol. The van der Waals surface area contributed by atoms with Crippen molar-refractivity contribution in [3.05, 3.63) is 65.4 Å². The summed E-state index contributed by atoms with van der Waals surface area (Å²) in [4.78, 5) is 4.67. The van der Waals surface area contributed by atoms with E-state index in [1.54, 1.807) is 0 Å². The third-order valence-corrected chi connectivity index (χ3v) is 3.20.